The van der Waals surface area contributed by atoms with E-state index in [0.29, 0.717) is 29.8 Å². The summed E-state index contributed by atoms with van der Waals surface area (Å²) in [4.78, 5) is 38.6. The molecule has 1 N–H and O–H groups in total. The van der Waals surface area contributed by atoms with Gasteiger partial charge in [0.1, 0.15) is 31.4 Å². The minimum Gasteiger partial charge on any atom is -0.436 e. The van der Waals surface area contributed by atoms with Crippen LogP contribution < -0.4 is 5.32 Å². The molecule has 2 aromatic heterocycles. The summed E-state index contributed by atoms with van der Waals surface area (Å²) in [5.74, 6) is 1.28. The molecule has 5 rings (SSSR count). The second-order valence-electron chi connectivity index (χ2n) is 11.3. The fourth-order valence-electron chi connectivity index (χ4n) is 6.51. The van der Waals surface area contributed by atoms with Gasteiger partial charge in [0.25, 0.3) is 5.91 Å². The zero-order chi connectivity index (χ0) is 24.5. The highest BCUT2D eigenvalue weighted by Gasteiger charge is 2.56. The number of fused-ring (bicyclic) bond motifs is 1. The van der Waals surface area contributed by atoms with Crippen LogP contribution in [-0.2, 0) is 10.7 Å². The van der Waals surface area contributed by atoms with Gasteiger partial charge in [-0.25, -0.2) is 9.78 Å². The number of pyridine rings is 1. The predicted octanol–water partition coefficient (Wildman–Crippen LogP) is -1.59. The van der Waals surface area contributed by atoms with Gasteiger partial charge < -0.3 is 19.5 Å². The number of aromatic nitrogens is 2. The van der Waals surface area contributed by atoms with Gasteiger partial charge in [0.2, 0.25) is 5.76 Å². The SMILES string of the molecule is BC1(B)c2ccncc2C(B)(B)N1C(=O)NCC1CC12CCN(C(=O)c1oc(C)nc1C)CC2. The molecule has 3 aliphatic rings. The van der Waals surface area contributed by atoms with Gasteiger partial charge in [-0.15, -0.1) is 0 Å². The van der Waals surface area contributed by atoms with Crippen LogP contribution in [-0.4, -0.2) is 82.7 Å². The second-order valence-corrected chi connectivity index (χ2v) is 11.3. The first kappa shape index (κ1) is 23.1. The van der Waals surface area contributed by atoms with Crippen LogP contribution in [0, 0.1) is 25.2 Å². The molecule has 174 valence electrons. The van der Waals surface area contributed by atoms with Gasteiger partial charge in [0, 0.05) is 49.6 Å². The fourth-order valence-corrected chi connectivity index (χ4v) is 6.51. The van der Waals surface area contributed by atoms with E-state index in [4.69, 9.17) is 4.42 Å². The van der Waals surface area contributed by atoms with E-state index in [0.717, 1.165) is 43.5 Å². The van der Waals surface area contributed by atoms with Gasteiger partial charge >= 0.3 is 6.03 Å². The minimum absolute atomic E-state index is 0.0305. The largest absolute Gasteiger partial charge is 0.436 e. The van der Waals surface area contributed by atoms with E-state index in [1.165, 1.54) is 0 Å². The van der Waals surface area contributed by atoms with Crippen molar-refractivity contribution in [3.05, 3.63) is 46.9 Å². The standard InChI is InChI=1S/C22H31B4N5O3/c1-12-17(34-13(2)29-12)18(32)30-7-4-20(5-8-30)9-14(20)10-28-19(33)31-21(23,24)15-3-6-27-11-16(15)22(31,25)26/h3,6,11,14H,4-5,7-10,23-26H2,1-2H3,(H,28,33). The quantitative estimate of drug-likeness (QED) is 0.562. The van der Waals surface area contributed by atoms with Crippen molar-refractivity contribution in [2.75, 3.05) is 19.6 Å². The van der Waals surface area contributed by atoms with E-state index in [-0.39, 0.29) is 17.4 Å². The van der Waals surface area contributed by atoms with Crippen molar-refractivity contribution in [1.82, 2.24) is 25.1 Å². The Morgan fingerprint density at radius 2 is 1.82 bits per heavy atom. The smallest absolute Gasteiger partial charge is 0.316 e. The van der Waals surface area contributed by atoms with E-state index in [9.17, 15) is 9.59 Å². The molecule has 0 radical (unpaired) electrons. The molecular weight excluding hydrogens is 426 g/mol. The topological polar surface area (TPSA) is 91.6 Å². The average molecular weight is 457 g/mol. The highest BCUT2D eigenvalue weighted by Crippen LogP contribution is 2.59. The van der Waals surface area contributed by atoms with Crippen LogP contribution in [0.15, 0.2) is 22.9 Å². The lowest BCUT2D eigenvalue weighted by Crippen LogP contribution is -2.59. The van der Waals surface area contributed by atoms with Crippen molar-refractivity contribution in [3.8, 4) is 0 Å². The van der Waals surface area contributed by atoms with Crippen molar-refractivity contribution < 1.29 is 14.0 Å². The van der Waals surface area contributed by atoms with E-state index in [2.05, 4.69) is 46.7 Å². The lowest BCUT2D eigenvalue weighted by atomic mass is 9.57. The van der Waals surface area contributed by atoms with Gasteiger partial charge in [0.15, 0.2) is 5.89 Å². The van der Waals surface area contributed by atoms with Crippen LogP contribution in [0.1, 0.15) is 52.5 Å². The van der Waals surface area contributed by atoms with Gasteiger partial charge in [-0.1, -0.05) is 0 Å². The third kappa shape index (κ3) is 3.48. The monoisotopic (exact) mass is 457 g/mol. The molecule has 34 heavy (non-hydrogen) atoms. The Morgan fingerprint density at radius 1 is 1.15 bits per heavy atom. The van der Waals surface area contributed by atoms with Crippen LogP contribution in [0.4, 0.5) is 4.79 Å². The van der Waals surface area contributed by atoms with E-state index >= 15 is 0 Å². The number of hydrogen-bond acceptors (Lipinski definition) is 5. The van der Waals surface area contributed by atoms with E-state index < -0.39 is 10.7 Å². The van der Waals surface area contributed by atoms with Gasteiger partial charge in [-0.2, -0.15) is 0 Å². The van der Waals surface area contributed by atoms with Crippen LogP contribution in [0.25, 0.3) is 0 Å². The first-order chi connectivity index (χ1) is 16.0. The van der Waals surface area contributed by atoms with Crippen molar-refractivity contribution in [2.24, 2.45) is 11.3 Å². The third-order valence-corrected chi connectivity index (χ3v) is 8.46. The molecule has 1 spiro atoms. The highest BCUT2D eigenvalue weighted by atomic mass is 16.4. The van der Waals surface area contributed by atoms with E-state index in [1.807, 2.05) is 29.0 Å². The summed E-state index contributed by atoms with van der Waals surface area (Å²) in [5.41, 5.74) is 3.15. The number of amides is 3. The molecule has 4 heterocycles. The molecule has 8 nitrogen and oxygen atoms in total. The minimum atomic E-state index is -0.429. The summed E-state index contributed by atoms with van der Waals surface area (Å²) in [6.07, 6.45) is 6.71. The van der Waals surface area contributed by atoms with Crippen LogP contribution in [0.2, 0.25) is 0 Å². The maximum absolute atomic E-state index is 13.4. The van der Waals surface area contributed by atoms with Gasteiger partial charge in [-0.3, -0.25) is 9.78 Å². The number of oxazole rings is 1. The summed E-state index contributed by atoms with van der Waals surface area (Å²) in [6.45, 7) is 5.68. The number of likely N-dealkylation sites (tertiary alicyclic amines) is 1. The normalized spacial score (nSPS) is 23.5. The second kappa shape index (κ2) is 7.68. The maximum atomic E-state index is 13.4. The number of carbonyl (C=O) groups is 2. The molecular formula is C22H31B4N5O3. The van der Waals surface area contributed by atoms with Crippen LogP contribution in [0.5, 0.6) is 0 Å². The summed E-state index contributed by atoms with van der Waals surface area (Å²) in [5, 5.41) is 2.40. The molecule has 0 aromatic carbocycles. The number of nitrogens with one attached hydrogen (secondary N) is 1. The van der Waals surface area contributed by atoms with Crippen LogP contribution >= 0.6 is 0 Å². The molecule has 0 bridgehead atoms. The first-order valence-corrected chi connectivity index (χ1v) is 12.2. The van der Waals surface area contributed by atoms with Gasteiger partial charge in [0.05, 0.1) is 5.69 Å². The van der Waals surface area contributed by atoms with Crippen LogP contribution in [0.3, 0.4) is 0 Å². The molecule has 3 amide bonds. The average Bonchev–Trinajstić information content (AvgIpc) is 3.28. The Kier molecular flexibility index (Phi) is 5.22. The maximum Gasteiger partial charge on any atom is 0.316 e. The Labute approximate surface area is 204 Å². The predicted molar refractivity (Wildman–Crippen MR) is 139 cm³/mol. The molecule has 1 unspecified atom stereocenters. The first-order valence-electron chi connectivity index (χ1n) is 12.2. The molecule has 2 aromatic rings. The summed E-state index contributed by atoms with van der Waals surface area (Å²) in [6, 6.07) is 1.99. The van der Waals surface area contributed by atoms with E-state index in [1.54, 1.807) is 13.1 Å². The molecule has 12 heteroatoms. The summed E-state index contributed by atoms with van der Waals surface area (Å²) < 4.78 is 5.53. The molecule has 2 fully saturated rings. The number of piperidine rings is 1. The summed E-state index contributed by atoms with van der Waals surface area (Å²) in [7, 11) is 8.38. The lowest BCUT2D eigenvalue weighted by molar-refractivity contribution is 0.0634. The number of carbonyl (C=O) groups excluding carboxylic acids is 2. The third-order valence-electron chi connectivity index (χ3n) is 8.46. The van der Waals surface area contributed by atoms with Crippen molar-refractivity contribution in [1.29, 1.82) is 0 Å². The Balaban J connectivity index is 1.18. The highest BCUT2D eigenvalue weighted by molar-refractivity contribution is 6.47. The molecule has 1 aliphatic carbocycles. The number of rotatable bonds is 3. The fraction of sp³-hybridized carbons (Fsp3) is 0.545. The number of urea groups is 1. The lowest BCUT2D eigenvalue weighted by Gasteiger charge is -2.42. The van der Waals surface area contributed by atoms with Crippen molar-refractivity contribution in [2.45, 2.75) is 43.8 Å². The molecule has 1 saturated carbocycles. The van der Waals surface area contributed by atoms with Crippen molar-refractivity contribution in [3.63, 3.8) is 0 Å². The molecule has 2 aliphatic heterocycles. The number of aryl methyl sites for hydroxylation is 2. The number of hydrogen-bond donors (Lipinski definition) is 1. The Morgan fingerprint density at radius 3 is 2.44 bits per heavy atom. The molecule has 1 atom stereocenters. The zero-order valence-corrected chi connectivity index (χ0v) is 21.1. The Bertz CT molecular complexity index is 1120. The van der Waals surface area contributed by atoms with Gasteiger partial charge in [-0.05, 0) is 54.7 Å². The Hall–Kier alpha value is -2.64. The summed E-state index contributed by atoms with van der Waals surface area (Å²) >= 11 is 0. The van der Waals surface area contributed by atoms with Crippen molar-refractivity contribution >= 4 is 43.3 Å². The number of nitrogens with zero attached hydrogens (tertiary/aromatic N) is 4. The zero-order valence-electron chi connectivity index (χ0n) is 21.1. The molecule has 1 saturated heterocycles.